The van der Waals surface area contributed by atoms with Crippen LogP contribution in [0.4, 0.5) is 0 Å². The standard InChI is InChI=1S/C44H50O25/c1-60-22-9-16(10-23(61-2)29(22)50)3-8-27(49)68-41-36(57)31(52)25(14-46)66-44(41)62-15-26-32(53)35(56)37(58)42(67-26)63-19-11-20(48)28-21(12-19)64-39(17-4-6-18(47)7-5-17)40(33(28)54)69-43-38(59)34(55)30(51)24(13-45)65-43/h3-12,24-26,30-32,34-38,41-48,50-53,55-59H,13-15H2,1-2H3/t24-,25-,26-,30-,31-,32-,34+,35+,36-,37-,38-,41-,42-,43+,44-/m0/s1. The van der Waals surface area contributed by atoms with Gasteiger partial charge in [0, 0.05) is 23.8 Å². The maximum absolute atomic E-state index is 14.1. The van der Waals surface area contributed by atoms with E-state index in [1.165, 1.54) is 56.7 Å². The van der Waals surface area contributed by atoms with Crippen molar-refractivity contribution in [2.45, 2.75) is 92.1 Å². The normalized spacial score (nSPS) is 31.6. The van der Waals surface area contributed by atoms with Gasteiger partial charge in [0.1, 0.15) is 95.4 Å². The topological polar surface area (TPSA) is 393 Å². The smallest absolute Gasteiger partial charge is 0.331 e. The Hall–Kier alpha value is -5.88. The predicted molar refractivity (Wildman–Crippen MR) is 227 cm³/mol. The first-order chi connectivity index (χ1) is 32.9. The Morgan fingerprint density at radius 1 is 0.667 bits per heavy atom. The van der Waals surface area contributed by atoms with Crippen LogP contribution in [0.2, 0.25) is 0 Å². The lowest BCUT2D eigenvalue weighted by Crippen LogP contribution is -2.62. The molecule has 376 valence electrons. The molecule has 0 aliphatic carbocycles. The highest BCUT2D eigenvalue weighted by atomic mass is 16.7. The van der Waals surface area contributed by atoms with Gasteiger partial charge in [0.15, 0.2) is 29.7 Å². The quantitative estimate of drug-likeness (QED) is 0.0418. The molecule has 0 radical (unpaired) electrons. The second-order valence-electron chi connectivity index (χ2n) is 15.9. The molecule has 4 heterocycles. The van der Waals surface area contributed by atoms with Crippen LogP contribution in [0.3, 0.4) is 0 Å². The van der Waals surface area contributed by atoms with Crippen LogP contribution in [-0.2, 0) is 28.5 Å². The fraction of sp³-hybridized carbons (Fsp3) is 0.455. The van der Waals surface area contributed by atoms with E-state index >= 15 is 0 Å². The number of hydrogen-bond donors (Lipinski definition) is 13. The Kier molecular flexibility index (Phi) is 15.8. The van der Waals surface area contributed by atoms with Crippen molar-refractivity contribution >= 4 is 23.0 Å². The van der Waals surface area contributed by atoms with Gasteiger partial charge < -0.3 is 113 Å². The van der Waals surface area contributed by atoms with Gasteiger partial charge in [-0.2, -0.15) is 0 Å². The summed E-state index contributed by atoms with van der Waals surface area (Å²) in [7, 11) is 2.59. The molecular formula is C44H50O25. The van der Waals surface area contributed by atoms with Crippen LogP contribution in [-0.4, -0.2) is 199 Å². The van der Waals surface area contributed by atoms with Gasteiger partial charge in [-0.3, -0.25) is 4.79 Å². The van der Waals surface area contributed by atoms with Crippen LogP contribution in [0.15, 0.2) is 63.8 Å². The van der Waals surface area contributed by atoms with Gasteiger partial charge in [0.05, 0.1) is 34.0 Å². The molecule has 1 aromatic heterocycles. The highest BCUT2D eigenvalue weighted by Crippen LogP contribution is 2.40. The summed E-state index contributed by atoms with van der Waals surface area (Å²) in [5, 5.41) is 136. The SMILES string of the molecule is COc1cc(C=CC(=O)O[C@@H]2[C@@H](OC[C@@H]3O[C@H](Oc4cc(O)c5c(=O)c(O[C@H]6O[C@@H](CO)[C@H](O)[C@@H](O)[C@@H]6O)c(-c6ccc(O)cc6)oc5c4)[C@@H](O)[C@H](O)[C@H]3O)O[C@@H](CO)[C@H](O)[C@@H]2O)cc(OC)c1O. The van der Waals surface area contributed by atoms with Crippen molar-refractivity contribution in [2.75, 3.05) is 34.0 Å². The minimum absolute atomic E-state index is 0.0196. The maximum atomic E-state index is 14.1. The summed E-state index contributed by atoms with van der Waals surface area (Å²) in [4.78, 5) is 27.1. The molecule has 25 heteroatoms. The van der Waals surface area contributed by atoms with E-state index in [4.69, 9.17) is 47.0 Å². The van der Waals surface area contributed by atoms with Gasteiger partial charge in [-0.15, -0.1) is 0 Å². The zero-order valence-electron chi connectivity index (χ0n) is 36.3. The molecule has 0 spiro atoms. The maximum Gasteiger partial charge on any atom is 0.331 e. The van der Waals surface area contributed by atoms with Crippen molar-refractivity contribution in [3.8, 4) is 51.6 Å². The van der Waals surface area contributed by atoms with Crippen LogP contribution in [0, 0.1) is 0 Å². The molecule has 0 amide bonds. The van der Waals surface area contributed by atoms with Crippen molar-refractivity contribution in [1.82, 2.24) is 0 Å². The number of aliphatic hydroxyl groups excluding tert-OH is 10. The van der Waals surface area contributed by atoms with E-state index in [-0.39, 0.29) is 40.1 Å². The van der Waals surface area contributed by atoms with Gasteiger partial charge >= 0.3 is 5.97 Å². The molecule has 3 fully saturated rings. The molecule has 3 aliphatic rings. The third kappa shape index (κ3) is 10.5. The van der Waals surface area contributed by atoms with E-state index < -0.39 is 146 Å². The molecule has 7 rings (SSSR count). The van der Waals surface area contributed by atoms with Crippen LogP contribution in [0.1, 0.15) is 5.56 Å². The van der Waals surface area contributed by atoms with Gasteiger partial charge in [-0.25, -0.2) is 4.79 Å². The number of benzene rings is 3. The number of ether oxygens (including phenoxy) is 9. The minimum atomic E-state index is -2.01. The molecule has 0 bridgehead atoms. The number of hydrogen-bond acceptors (Lipinski definition) is 25. The minimum Gasteiger partial charge on any atom is -0.508 e. The second kappa shape index (κ2) is 21.4. The van der Waals surface area contributed by atoms with Gasteiger partial charge in [0.25, 0.3) is 0 Å². The lowest BCUT2D eigenvalue weighted by Gasteiger charge is -2.43. The fourth-order valence-electron chi connectivity index (χ4n) is 7.66. The van der Waals surface area contributed by atoms with Gasteiger partial charge in [-0.1, -0.05) is 0 Å². The first-order valence-electron chi connectivity index (χ1n) is 20.9. The lowest BCUT2D eigenvalue weighted by atomic mass is 9.98. The summed E-state index contributed by atoms with van der Waals surface area (Å²) in [5.41, 5.74) is -1.07. The Labute approximate surface area is 388 Å². The van der Waals surface area contributed by atoms with Crippen molar-refractivity contribution < 1.29 is 118 Å². The monoisotopic (exact) mass is 978 g/mol. The summed E-state index contributed by atoms with van der Waals surface area (Å²) < 4.78 is 55.7. The Balaban J connectivity index is 1.11. The van der Waals surface area contributed by atoms with E-state index in [1.807, 2.05) is 0 Å². The number of esters is 1. The average molecular weight is 979 g/mol. The molecule has 13 N–H and O–H groups in total. The highest BCUT2D eigenvalue weighted by molar-refractivity contribution is 5.89. The first-order valence-corrected chi connectivity index (χ1v) is 20.9. The highest BCUT2D eigenvalue weighted by Gasteiger charge is 2.50. The largest absolute Gasteiger partial charge is 0.508 e. The molecular weight excluding hydrogens is 928 g/mol. The number of fused-ring (bicyclic) bond motifs is 1. The lowest BCUT2D eigenvalue weighted by molar-refractivity contribution is -0.324. The van der Waals surface area contributed by atoms with Gasteiger partial charge in [-0.05, 0) is 48.0 Å². The average Bonchev–Trinajstić information content (AvgIpc) is 3.33. The Morgan fingerprint density at radius 2 is 1.22 bits per heavy atom. The molecule has 0 saturated carbocycles. The molecule has 69 heavy (non-hydrogen) atoms. The summed E-state index contributed by atoms with van der Waals surface area (Å²) >= 11 is 0. The number of rotatable bonds is 15. The van der Waals surface area contributed by atoms with E-state index in [1.54, 1.807) is 0 Å². The zero-order valence-corrected chi connectivity index (χ0v) is 36.3. The molecule has 0 unspecified atom stereocenters. The Bertz CT molecular complexity index is 2490. The van der Waals surface area contributed by atoms with Crippen LogP contribution in [0.5, 0.6) is 40.2 Å². The third-order valence-corrected chi connectivity index (χ3v) is 11.5. The van der Waals surface area contributed by atoms with Crippen molar-refractivity contribution in [2.24, 2.45) is 0 Å². The Morgan fingerprint density at radius 3 is 1.81 bits per heavy atom. The van der Waals surface area contributed by atoms with Crippen LogP contribution < -0.4 is 24.4 Å². The molecule has 15 atom stereocenters. The van der Waals surface area contributed by atoms with E-state index in [2.05, 4.69) is 0 Å². The number of aliphatic hydroxyl groups is 10. The predicted octanol–water partition coefficient (Wildman–Crippen LogP) is -2.96. The van der Waals surface area contributed by atoms with E-state index in [0.717, 1.165) is 18.2 Å². The molecule has 4 aromatic rings. The van der Waals surface area contributed by atoms with Crippen LogP contribution in [0.25, 0.3) is 28.4 Å². The molecule has 25 nitrogen and oxygen atoms in total. The third-order valence-electron chi connectivity index (χ3n) is 11.5. The molecule has 3 saturated heterocycles. The van der Waals surface area contributed by atoms with Crippen molar-refractivity contribution in [3.63, 3.8) is 0 Å². The van der Waals surface area contributed by atoms with Crippen LogP contribution >= 0.6 is 0 Å². The number of phenolic OH excluding ortho intramolecular Hbond substituents is 3. The number of aromatic hydroxyl groups is 3. The number of phenols is 3. The summed E-state index contributed by atoms with van der Waals surface area (Å²) in [5.74, 6) is -3.79. The summed E-state index contributed by atoms with van der Waals surface area (Å²) in [6.45, 7) is -2.43. The summed E-state index contributed by atoms with van der Waals surface area (Å²) in [6, 6.07) is 9.78. The van der Waals surface area contributed by atoms with Crippen molar-refractivity contribution in [3.05, 3.63) is 70.4 Å². The molecule has 3 aromatic carbocycles. The number of methoxy groups -OCH3 is 2. The van der Waals surface area contributed by atoms with E-state index in [0.29, 0.717) is 5.56 Å². The van der Waals surface area contributed by atoms with E-state index in [9.17, 15) is 76.0 Å². The molecule has 3 aliphatic heterocycles. The first kappa shape index (κ1) is 51.0. The summed E-state index contributed by atoms with van der Waals surface area (Å²) in [6.07, 6.45) is -24.9. The second-order valence-corrected chi connectivity index (χ2v) is 15.9. The number of carbonyl (C=O) groups is 1. The van der Waals surface area contributed by atoms with Gasteiger partial charge in [0.2, 0.25) is 29.5 Å². The number of carbonyl (C=O) groups excluding carboxylic acids is 1. The fourth-order valence-corrected chi connectivity index (χ4v) is 7.66. The van der Waals surface area contributed by atoms with Crippen molar-refractivity contribution in [1.29, 1.82) is 0 Å². The zero-order chi connectivity index (χ0) is 50.0.